The van der Waals surface area contributed by atoms with Gasteiger partial charge in [0.05, 0.1) is 14.2 Å². The minimum Gasteiger partial charge on any atom is -0.493 e. The Bertz CT molecular complexity index is 1130. The fraction of sp³-hybridized carbons (Fsp3) is 0.261. The van der Waals surface area contributed by atoms with Crippen molar-refractivity contribution in [2.24, 2.45) is 0 Å². The van der Waals surface area contributed by atoms with E-state index in [0.717, 1.165) is 12.0 Å². The SMILES string of the molecule is COc1ccc(C(Cc2ccccc2)NC[C@@H](O)n2cnc(N)c3ncnc2-3)cc1OC. The first kappa shape index (κ1) is 21.5. The van der Waals surface area contributed by atoms with Gasteiger partial charge in [-0.2, -0.15) is 0 Å². The summed E-state index contributed by atoms with van der Waals surface area (Å²) in [5.41, 5.74) is 8.50. The lowest BCUT2D eigenvalue weighted by atomic mass is 9.98. The number of fused-ring (bicyclic) bond motifs is 1. The normalized spacial score (nSPS) is 13.1. The van der Waals surface area contributed by atoms with Crippen molar-refractivity contribution >= 4 is 5.82 Å². The van der Waals surface area contributed by atoms with Gasteiger partial charge in [-0.05, 0) is 29.7 Å². The van der Waals surface area contributed by atoms with Crippen LogP contribution in [-0.2, 0) is 6.42 Å². The van der Waals surface area contributed by atoms with Crippen molar-refractivity contribution < 1.29 is 14.6 Å². The molecule has 32 heavy (non-hydrogen) atoms. The van der Waals surface area contributed by atoms with Crippen molar-refractivity contribution in [2.75, 3.05) is 26.5 Å². The number of aliphatic hydroxyl groups is 1. The standard InChI is InChI=1S/C23H26N6O3/c1-31-18-9-8-16(11-19(18)32-2)17(10-15-6-4-3-5-7-15)25-12-20(30)29-14-28-22(24)21-23(29)27-13-26-21/h3-9,11,13-14,17,20,25,30H,10,12,24H2,1-2H3/t17?,20-/m1/s1. The van der Waals surface area contributed by atoms with Crippen molar-refractivity contribution in [2.45, 2.75) is 18.7 Å². The molecular weight excluding hydrogens is 408 g/mol. The number of hydrogen-bond acceptors (Lipinski definition) is 8. The average Bonchev–Trinajstić information content (AvgIpc) is 3.33. The Hall–Kier alpha value is -3.69. The van der Waals surface area contributed by atoms with Gasteiger partial charge >= 0.3 is 0 Å². The predicted molar refractivity (Wildman–Crippen MR) is 121 cm³/mol. The summed E-state index contributed by atoms with van der Waals surface area (Å²) >= 11 is 0. The van der Waals surface area contributed by atoms with E-state index in [1.165, 1.54) is 18.2 Å². The number of methoxy groups -OCH3 is 2. The van der Waals surface area contributed by atoms with Crippen LogP contribution in [0.5, 0.6) is 11.5 Å². The molecule has 0 aromatic heterocycles. The van der Waals surface area contributed by atoms with Crippen molar-refractivity contribution in [1.82, 2.24) is 24.8 Å². The number of aliphatic hydroxyl groups excluding tert-OH is 1. The summed E-state index contributed by atoms with van der Waals surface area (Å²) in [4.78, 5) is 12.4. The molecule has 4 rings (SSSR count). The van der Waals surface area contributed by atoms with Crippen molar-refractivity contribution in [3.05, 3.63) is 72.3 Å². The minimum atomic E-state index is -0.916. The highest BCUT2D eigenvalue weighted by molar-refractivity contribution is 5.64. The third-order valence-electron chi connectivity index (χ3n) is 5.35. The second-order valence-corrected chi connectivity index (χ2v) is 7.33. The van der Waals surface area contributed by atoms with Crippen molar-refractivity contribution in [3.8, 4) is 23.0 Å². The molecule has 9 heteroatoms. The molecule has 0 amide bonds. The lowest BCUT2D eigenvalue weighted by molar-refractivity contribution is 0.0983. The summed E-state index contributed by atoms with van der Waals surface area (Å²) in [7, 11) is 3.22. The zero-order valence-electron chi connectivity index (χ0n) is 18.0. The first-order valence-corrected chi connectivity index (χ1v) is 10.2. The molecule has 0 bridgehead atoms. The molecule has 2 atom stereocenters. The number of ether oxygens (including phenoxy) is 2. The zero-order chi connectivity index (χ0) is 22.5. The van der Waals surface area contributed by atoms with Crippen LogP contribution < -0.4 is 20.5 Å². The first-order valence-electron chi connectivity index (χ1n) is 10.2. The molecule has 2 aromatic carbocycles. The van der Waals surface area contributed by atoms with Gasteiger partial charge in [0, 0.05) is 12.6 Å². The number of nitrogens with two attached hydrogens (primary N) is 1. The molecule has 4 N–H and O–H groups in total. The summed E-state index contributed by atoms with van der Waals surface area (Å²) in [6.07, 6.45) is 2.68. The molecule has 0 saturated carbocycles. The molecule has 0 fully saturated rings. The van der Waals surface area contributed by atoms with Crippen molar-refractivity contribution in [1.29, 1.82) is 0 Å². The number of nitrogens with one attached hydrogen (secondary N) is 1. The number of benzene rings is 2. The Kier molecular flexibility index (Phi) is 6.48. The van der Waals surface area contributed by atoms with Crippen LogP contribution in [0.2, 0.25) is 0 Å². The van der Waals surface area contributed by atoms with Crippen molar-refractivity contribution in [3.63, 3.8) is 0 Å². The van der Waals surface area contributed by atoms with Gasteiger partial charge in [0.15, 0.2) is 23.1 Å². The van der Waals surface area contributed by atoms with Gasteiger partial charge in [-0.3, -0.25) is 4.57 Å². The van der Waals surface area contributed by atoms with E-state index in [4.69, 9.17) is 15.2 Å². The third kappa shape index (κ3) is 4.48. The minimum absolute atomic E-state index is 0.0876. The Balaban J connectivity index is 1.58. The molecular formula is C23H26N6O3. The van der Waals surface area contributed by atoms with Crippen LogP contribution in [0.3, 0.4) is 0 Å². The van der Waals surface area contributed by atoms with E-state index in [1.807, 2.05) is 36.4 Å². The number of hydrogen-bond donors (Lipinski definition) is 3. The van der Waals surface area contributed by atoms with Gasteiger partial charge < -0.3 is 25.6 Å². The van der Waals surface area contributed by atoms with E-state index in [9.17, 15) is 5.11 Å². The molecule has 2 aliphatic rings. The zero-order valence-corrected chi connectivity index (χ0v) is 18.0. The molecule has 0 spiro atoms. The van der Waals surface area contributed by atoms with E-state index >= 15 is 0 Å². The largest absolute Gasteiger partial charge is 0.493 e. The number of nitrogens with zero attached hydrogens (tertiary/aromatic N) is 4. The number of rotatable bonds is 9. The number of anilines is 1. The summed E-state index contributed by atoms with van der Waals surface area (Å²) in [6, 6.07) is 15.9. The summed E-state index contributed by atoms with van der Waals surface area (Å²) in [5, 5.41) is 14.3. The summed E-state index contributed by atoms with van der Waals surface area (Å²) < 4.78 is 12.4. The Labute approximate surface area is 186 Å². The van der Waals surface area contributed by atoms with Gasteiger partial charge in [0.25, 0.3) is 0 Å². The van der Waals surface area contributed by atoms with Gasteiger partial charge in [-0.15, -0.1) is 0 Å². The summed E-state index contributed by atoms with van der Waals surface area (Å²) in [5.74, 6) is 2.07. The fourth-order valence-electron chi connectivity index (χ4n) is 3.66. The van der Waals surface area contributed by atoms with Crippen LogP contribution in [0.25, 0.3) is 11.5 Å². The van der Waals surface area contributed by atoms with Crippen LogP contribution in [-0.4, -0.2) is 45.4 Å². The van der Waals surface area contributed by atoms with E-state index in [-0.39, 0.29) is 18.4 Å². The van der Waals surface area contributed by atoms with Crippen LogP contribution in [0.15, 0.2) is 61.2 Å². The highest BCUT2D eigenvalue weighted by atomic mass is 16.5. The van der Waals surface area contributed by atoms with E-state index in [1.54, 1.807) is 18.8 Å². The maximum Gasteiger partial charge on any atom is 0.167 e. The first-order chi connectivity index (χ1) is 15.6. The van der Waals surface area contributed by atoms with E-state index < -0.39 is 6.23 Å². The molecule has 0 radical (unpaired) electrons. The van der Waals surface area contributed by atoms with Gasteiger partial charge in [0.2, 0.25) is 0 Å². The van der Waals surface area contributed by atoms with Gasteiger partial charge in [-0.1, -0.05) is 36.4 Å². The lowest BCUT2D eigenvalue weighted by Gasteiger charge is -2.24. The maximum atomic E-state index is 10.9. The quantitative estimate of drug-likeness (QED) is 0.367. The predicted octanol–water partition coefficient (Wildman–Crippen LogP) is 2.44. The second-order valence-electron chi connectivity index (χ2n) is 7.33. The van der Waals surface area contributed by atoms with E-state index in [2.05, 4.69) is 32.4 Å². The molecule has 0 saturated heterocycles. The molecule has 9 nitrogen and oxygen atoms in total. The molecule has 2 heterocycles. The van der Waals surface area contributed by atoms with Crippen LogP contribution in [0.4, 0.5) is 5.82 Å². The average molecular weight is 435 g/mol. The number of imidazole rings is 1. The van der Waals surface area contributed by atoms with Gasteiger partial charge in [-0.25, -0.2) is 15.0 Å². The monoisotopic (exact) mass is 434 g/mol. The number of nitrogen functional groups attached to an aromatic ring is 1. The van der Waals surface area contributed by atoms with Crippen LogP contribution in [0.1, 0.15) is 23.4 Å². The van der Waals surface area contributed by atoms with Crippen LogP contribution in [0, 0.1) is 0 Å². The van der Waals surface area contributed by atoms with Crippen LogP contribution >= 0.6 is 0 Å². The van der Waals surface area contributed by atoms with Gasteiger partial charge in [0.1, 0.15) is 24.6 Å². The summed E-state index contributed by atoms with van der Waals surface area (Å²) in [6.45, 7) is 0.254. The second kappa shape index (κ2) is 9.63. The maximum absolute atomic E-state index is 10.9. The molecule has 2 aliphatic heterocycles. The highest BCUT2D eigenvalue weighted by Crippen LogP contribution is 2.31. The lowest BCUT2D eigenvalue weighted by Crippen LogP contribution is -2.31. The Morgan fingerprint density at radius 2 is 1.81 bits per heavy atom. The molecule has 2 aromatic rings. The topological polar surface area (TPSA) is 120 Å². The number of aromatic nitrogens is 4. The fourth-order valence-corrected chi connectivity index (χ4v) is 3.66. The molecule has 166 valence electrons. The third-order valence-corrected chi connectivity index (χ3v) is 5.35. The molecule has 1 unspecified atom stereocenters. The molecule has 0 aliphatic carbocycles. The smallest absolute Gasteiger partial charge is 0.167 e. The van der Waals surface area contributed by atoms with E-state index in [0.29, 0.717) is 23.0 Å². The Morgan fingerprint density at radius 1 is 1.03 bits per heavy atom. The Morgan fingerprint density at radius 3 is 2.56 bits per heavy atom. The highest BCUT2D eigenvalue weighted by Gasteiger charge is 2.21.